The zero-order valence-electron chi connectivity index (χ0n) is 20.3. The molecule has 2 aliphatic rings. The van der Waals surface area contributed by atoms with Crippen LogP contribution in [-0.4, -0.2) is 44.9 Å². The minimum absolute atomic E-state index is 0.00178. The molecule has 1 saturated heterocycles. The molecule has 1 aliphatic heterocycles. The number of nitrogens with one attached hydrogen (secondary N) is 1. The number of carbonyl (C=O) groups is 1. The minimum atomic E-state index is -4.32. The Bertz CT molecular complexity index is 1210. The van der Waals surface area contributed by atoms with Crippen LogP contribution >= 0.6 is 0 Å². The van der Waals surface area contributed by atoms with Crippen LogP contribution in [0.2, 0.25) is 0 Å². The van der Waals surface area contributed by atoms with Gasteiger partial charge in [0.05, 0.1) is 29.6 Å². The van der Waals surface area contributed by atoms with Gasteiger partial charge in [-0.25, -0.2) is 13.1 Å². The lowest BCUT2D eigenvalue weighted by Gasteiger charge is -2.46. The summed E-state index contributed by atoms with van der Waals surface area (Å²) >= 11 is 0. The zero-order chi connectivity index (χ0) is 26.0. The van der Waals surface area contributed by atoms with Gasteiger partial charge in [-0.3, -0.25) is 14.9 Å². The SMILES string of the molecule is CC1(C)OCC2(CCC(COc3ccc(S(=O)(=O)NC(=O)c4ccccc4)cc3[N+](=O)[O-])CC2)CO1. The number of sulfonamides is 1. The highest BCUT2D eigenvalue weighted by Gasteiger charge is 2.42. The zero-order valence-corrected chi connectivity index (χ0v) is 21.1. The van der Waals surface area contributed by atoms with E-state index >= 15 is 0 Å². The largest absolute Gasteiger partial charge is 0.487 e. The van der Waals surface area contributed by atoms with Gasteiger partial charge in [0.15, 0.2) is 11.5 Å². The number of hydrogen-bond acceptors (Lipinski definition) is 8. The van der Waals surface area contributed by atoms with Crippen molar-refractivity contribution in [2.45, 2.75) is 50.2 Å². The van der Waals surface area contributed by atoms with Crippen molar-refractivity contribution in [3.8, 4) is 5.75 Å². The first-order chi connectivity index (χ1) is 17.0. The quantitative estimate of drug-likeness (QED) is 0.429. The molecule has 1 amide bonds. The van der Waals surface area contributed by atoms with E-state index in [4.69, 9.17) is 14.2 Å². The van der Waals surface area contributed by atoms with E-state index in [0.717, 1.165) is 31.7 Å². The highest BCUT2D eigenvalue weighted by molar-refractivity contribution is 7.90. The van der Waals surface area contributed by atoms with Crippen molar-refractivity contribution in [1.82, 2.24) is 4.72 Å². The lowest BCUT2D eigenvalue weighted by Crippen LogP contribution is -2.48. The van der Waals surface area contributed by atoms with E-state index < -0.39 is 37.2 Å². The number of ether oxygens (including phenoxy) is 3. The van der Waals surface area contributed by atoms with Crippen LogP contribution in [0.15, 0.2) is 53.4 Å². The summed E-state index contributed by atoms with van der Waals surface area (Å²) in [6.07, 6.45) is 3.58. The molecule has 2 aromatic carbocycles. The maximum atomic E-state index is 12.7. The molecule has 1 N–H and O–H groups in total. The second-order valence-electron chi connectivity index (χ2n) is 9.92. The van der Waals surface area contributed by atoms with Gasteiger partial charge in [-0.2, -0.15) is 0 Å². The third kappa shape index (κ3) is 6.03. The molecule has 4 rings (SSSR count). The summed E-state index contributed by atoms with van der Waals surface area (Å²) in [6.45, 7) is 5.38. The third-order valence-electron chi connectivity index (χ3n) is 6.79. The van der Waals surface area contributed by atoms with Gasteiger partial charge in [-0.1, -0.05) is 18.2 Å². The highest BCUT2D eigenvalue weighted by atomic mass is 32.2. The summed E-state index contributed by atoms with van der Waals surface area (Å²) in [5.41, 5.74) is -0.327. The van der Waals surface area contributed by atoms with Crippen molar-refractivity contribution in [1.29, 1.82) is 0 Å². The van der Waals surface area contributed by atoms with Crippen LogP contribution in [0.1, 0.15) is 49.9 Å². The van der Waals surface area contributed by atoms with Crippen molar-refractivity contribution < 1.29 is 32.3 Å². The van der Waals surface area contributed by atoms with E-state index in [1.807, 2.05) is 18.6 Å². The van der Waals surface area contributed by atoms with Crippen molar-refractivity contribution >= 4 is 21.6 Å². The maximum absolute atomic E-state index is 12.7. The molecular weight excluding hydrogens is 488 g/mol. The Morgan fingerprint density at radius 1 is 1.11 bits per heavy atom. The molecular formula is C25H30N2O8S. The molecule has 1 spiro atoms. The summed E-state index contributed by atoms with van der Waals surface area (Å²) in [4.78, 5) is 22.9. The van der Waals surface area contributed by atoms with Crippen LogP contribution in [-0.2, 0) is 19.5 Å². The van der Waals surface area contributed by atoms with Crippen LogP contribution in [0.4, 0.5) is 5.69 Å². The molecule has 1 heterocycles. The van der Waals surface area contributed by atoms with Gasteiger partial charge in [0.25, 0.3) is 15.9 Å². The topological polar surface area (TPSA) is 134 Å². The number of rotatable bonds is 7. The summed E-state index contributed by atoms with van der Waals surface area (Å²) < 4.78 is 44.8. The number of nitro benzene ring substituents is 1. The van der Waals surface area contributed by atoms with Crippen molar-refractivity contribution in [3.63, 3.8) is 0 Å². The average molecular weight is 519 g/mol. The fourth-order valence-electron chi connectivity index (χ4n) is 4.45. The Morgan fingerprint density at radius 3 is 2.36 bits per heavy atom. The fourth-order valence-corrected chi connectivity index (χ4v) is 5.44. The summed E-state index contributed by atoms with van der Waals surface area (Å²) in [7, 11) is -4.32. The van der Waals surface area contributed by atoms with Crippen LogP contribution in [0.5, 0.6) is 5.75 Å². The number of amides is 1. The monoisotopic (exact) mass is 518 g/mol. The van der Waals surface area contributed by atoms with Crippen LogP contribution in [0.3, 0.4) is 0 Å². The average Bonchev–Trinajstić information content (AvgIpc) is 2.86. The number of hydrogen-bond donors (Lipinski definition) is 1. The smallest absolute Gasteiger partial charge is 0.312 e. The van der Waals surface area contributed by atoms with Crippen molar-refractivity contribution in [2.75, 3.05) is 19.8 Å². The van der Waals surface area contributed by atoms with Crippen LogP contribution in [0.25, 0.3) is 0 Å². The van der Waals surface area contributed by atoms with Crippen LogP contribution in [0, 0.1) is 21.4 Å². The molecule has 0 bridgehead atoms. The second kappa shape index (κ2) is 10.2. The molecule has 1 aliphatic carbocycles. The predicted molar refractivity (Wildman–Crippen MR) is 130 cm³/mol. The summed E-state index contributed by atoms with van der Waals surface area (Å²) in [5, 5.41) is 11.7. The molecule has 1 saturated carbocycles. The Kier molecular flexibility index (Phi) is 7.35. The molecule has 11 heteroatoms. The van der Waals surface area contributed by atoms with Gasteiger partial charge in [-0.15, -0.1) is 0 Å². The van der Waals surface area contributed by atoms with Gasteiger partial charge < -0.3 is 14.2 Å². The molecule has 0 radical (unpaired) electrons. The van der Waals surface area contributed by atoms with E-state index in [9.17, 15) is 23.3 Å². The minimum Gasteiger partial charge on any atom is -0.487 e. The molecule has 0 atom stereocenters. The highest BCUT2D eigenvalue weighted by Crippen LogP contribution is 2.43. The molecule has 2 aromatic rings. The first kappa shape index (κ1) is 26.1. The standard InChI is InChI=1S/C25H30N2O8S/c1-24(2)34-16-25(17-35-24)12-10-18(11-13-25)15-33-22-9-8-20(14-21(22)27(29)30)36(31,32)26-23(28)19-6-4-3-5-7-19/h3-9,14,18H,10-13,15-17H2,1-2H3,(H,26,28). The lowest BCUT2D eigenvalue weighted by atomic mass is 9.71. The van der Waals surface area contributed by atoms with E-state index in [2.05, 4.69) is 0 Å². The molecule has 10 nitrogen and oxygen atoms in total. The Balaban J connectivity index is 1.39. The fraction of sp³-hybridized carbons (Fsp3) is 0.480. The summed E-state index contributed by atoms with van der Waals surface area (Å²) in [5.74, 6) is -1.20. The molecule has 2 fully saturated rings. The molecule has 0 aromatic heterocycles. The predicted octanol–water partition coefficient (Wildman–Crippen LogP) is 4.05. The molecule has 0 unspecified atom stereocenters. The number of nitrogens with zero attached hydrogens (tertiary/aromatic N) is 1. The van der Waals surface area contributed by atoms with Crippen molar-refractivity contribution in [3.05, 3.63) is 64.2 Å². The first-order valence-corrected chi connectivity index (χ1v) is 13.3. The van der Waals surface area contributed by atoms with Gasteiger partial charge in [0.2, 0.25) is 0 Å². The third-order valence-corrected chi connectivity index (χ3v) is 8.12. The van der Waals surface area contributed by atoms with Gasteiger partial charge in [0.1, 0.15) is 0 Å². The number of carbonyl (C=O) groups excluding carboxylic acids is 1. The van der Waals surface area contributed by atoms with Gasteiger partial charge >= 0.3 is 5.69 Å². The van der Waals surface area contributed by atoms with E-state index in [-0.39, 0.29) is 29.3 Å². The second-order valence-corrected chi connectivity index (χ2v) is 11.6. The molecule has 36 heavy (non-hydrogen) atoms. The lowest BCUT2D eigenvalue weighted by molar-refractivity contribution is -0.386. The number of benzene rings is 2. The maximum Gasteiger partial charge on any atom is 0.312 e. The van der Waals surface area contributed by atoms with E-state index in [0.29, 0.717) is 13.2 Å². The normalized spacial score (nSPS) is 19.5. The Labute approximate surface area is 210 Å². The van der Waals surface area contributed by atoms with Crippen molar-refractivity contribution in [2.24, 2.45) is 11.3 Å². The number of nitro groups is 1. The Morgan fingerprint density at radius 2 is 1.75 bits per heavy atom. The Hall–Kier alpha value is -3.02. The van der Waals surface area contributed by atoms with E-state index in [1.165, 1.54) is 24.3 Å². The van der Waals surface area contributed by atoms with E-state index in [1.54, 1.807) is 18.2 Å². The molecule has 194 valence electrons. The van der Waals surface area contributed by atoms with Gasteiger partial charge in [-0.05, 0) is 69.7 Å². The van der Waals surface area contributed by atoms with Crippen LogP contribution < -0.4 is 9.46 Å². The first-order valence-electron chi connectivity index (χ1n) is 11.8. The van der Waals surface area contributed by atoms with Gasteiger partial charge in [0, 0.05) is 17.0 Å². The summed E-state index contributed by atoms with van der Waals surface area (Å²) in [6, 6.07) is 11.2.